The third-order valence-electron chi connectivity index (χ3n) is 4.29. The molecule has 1 N–H and O–H groups in total. The molecule has 0 aliphatic heterocycles. The van der Waals surface area contributed by atoms with Gasteiger partial charge in [-0.05, 0) is 37.5 Å². The van der Waals surface area contributed by atoms with Gasteiger partial charge in [0.05, 0.1) is 0 Å². The molecule has 0 bridgehead atoms. The molecule has 0 spiro atoms. The Morgan fingerprint density at radius 3 is 2.11 bits per heavy atom. The Morgan fingerprint density at radius 1 is 0.947 bits per heavy atom. The first-order valence-electron chi connectivity index (χ1n) is 7.64. The summed E-state index contributed by atoms with van der Waals surface area (Å²) in [6.07, 6.45) is 10.1. The standard InChI is InChI=1S/C15H25NO3/c17-14(9-12-5-3-1-2-4-6-12)16(11-15(18)19)10-13-7-8-13/h12-13H,1-11H2,(H,18,19). The van der Waals surface area contributed by atoms with Crippen molar-refractivity contribution in [2.75, 3.05) is 13.1 Å². The van der Waals surface area contributed by atoms with Gasteiger partial charge in [-0.2, -0.15) is 0 Å². The highest BCUT2D eigenvalue weighted by Crippen LogP contribution is 2.31. The molecule has 0 aromatic rings. The molecule has 2 fully saturated rings. The highest BCUT2D eigenvalue weighted by Gasteiger charge is 2.29. The second-order valence-electron chi connectivity index (χ2n) is 6.17. The summed E-state index contributed by atoms with van der Waals surface area (Å²) in [5.41, 5.74) is 0. The summed E-state index contributed by atoms with van der Waals surface area (Å²) >= 11 is 0. The summed E-state index contributed by atoms with van der Waals surface area (Å²) in [5.74, 6) is 0.194. The molecule has 2 aliphatic carbocycles. The molecular weight excluding hydrogens is 242 g/mol. The molecule has 0 aromatic heterocycles. The highest BCUT2D eigenvalue weighted by atomic mass is 16.4. The van der Waals surface area contributed by atoms with Gasteiger partial charge in [-0.15, -0.1) is 0 Å². The molecule has 0 radical (unpaired) electrons. The van der Waals surface area contributed by atoms with Gasteiger partial charge in [0.25, 0.3) is 0 Å². The number of rotatable bonds is 6. The zero-order chi connectivity index (χ0) is 13.7. The van der Waals surface area contributed by atoms with Crippen LogP contribution in [0.25, 0.3) is 0 Å². The SMILES string of the molecule is O=C(O)CN(CC1CC1)C(=O)CC1CCCCCC1. The second kappa shape index (κ2) is 6.92. The van der Waals surface area contributed by atoms with Gasteiger partial charge in [0.1, 0.15) is 6.54 Å². The van der Waals surface area contributed by atoms with Gasteiger partial charge in [0, 0.05) is 13.0 Å². The van der Waals surface area contributed by atoms with Crippen molar-refractivity contribution in [1.29, 1.82) is 0 Å². The number of nitrogens with zero attached hydrogens (tertiary/aromatic N) is 1. The molecule has 0 aromatic carbocycles. The smallest absolute Gasteiger partial charge is 0.323 e. The monoisotopic (exact) mass is 267 g/mol. The fourth-order valence-electron chi connectivity index (χ4n) is 2.97. The third kappa shape index (κ3) is 5.21. The first-order valence-corrected chi connectivity index (χ1v) is 7.64. The number of hydrogen-bond acceptors (Lipinski definition) is 2. The van der Waals surface area contributed by atoms with E-state index in [-0.39, 0.29) is 12.5 Å². The molecule has 2 saturated carbocycles. The lowest BCUT2D eigenvalue weighted by molar-refractivity contribution is -0.145. The Balaban J connectivity index is 1.83. The minimum absolute atomic E-state index is 0.0567. The Hall–Kier alpha value is -1.06. The molecule has 0 heterocycles. The average Bonchev–Trinajstić information content (AvgIpc) is 3.15. The Bertz CT molecular complexity index is 317. The summed E-state index contributed by atoms with van der Waals surface area (Å²) in [6, 6.07) is 0. The normalized spacial score (nSPS) is 20.8. The van der Waals surface area contributed by atoms with E-state index in [0.717, 1.165) is 25.7 Å². The maximum atomic E-state index is 12.3. The minimum atomic E-state index is -0.894. The number of carboxylic acid groups (broad SMARTS) is 1. The highest BCUT2D eigenvalue weighted by molar-refractivity contribution is 5.81. The summed E-state index contributed by atoms with van der Waals surface area (Å²) in [4.78, 5) is 24.7. The summed E-state index contributed by atoms with van der Waals surface area (Å²) < 4.78 is 0. The van der Waals surface area contributed by atoms with Crippen LogP contribution in [-0.4, -0.2) is 35.0 Å². The van der Waals surface area contributed by atoms with E-state index >= 15 is 0 Å². The van der Waals surface area contributed by atoms with Gasteiger partial charge in [0.2, 0.25) is 5.91 Å². The third-order valence-corrected chi connectivity index (χ3v) is 4.29. The maximum absolute atomic E-state index is 12.3. The molecule has 4 nitrogen and oxygen atoms in total. The molecule has 4 heteroatoms. The van der Waals surface area contributed by atoms with E-state index in [1.54, 1.807) is 4.90 Å². The van der Waals surface area contributed by atoms with Gasteiger partial charge in [-0.3, -0.25) is 9.59 Å². The van der Waals surface area contributed by atoms with Crippen LogP contribution in [0.4, 0.5) is 0 Å². The fourth-order valence-corrected chi connectivity index (χ4v) is 2.97. The van der Waals surface area contributed by atoms with E-state index in [4.69, 9.17) is 5.11 Å². The quantitative estimate of drug-likeness (QED) is 0.753. The predicted octanol–water partition coefficient (Wildman–Crippen LogP) is 2.67. The van der Waals surface area contributed by atoms with Crippen molar-refractivity contribution in [2.45, 2.75) is 57.8 Å². The summed E-state index contributed by atoms with van der Waals surface area (Å²) in [5, 5.41) is 8.92. The first kappa shape index (κ1) is 14.4. The molecule has 0 unspecified atom stereocenters. The van der Waals surface area contributed by atoms with Crippen LogP contribution in [0.3, 0.4) is 0 Å². The number of amides is 1. The van der Waals surface area contributed by atoms with Crippen LogP contribution in [0.2, 0.25) is 0 Å². The Labute approximate surface area is 115 Å². The first-order chi connectivity index (χ1) is 9.15. The van der Waals surface area contributed by atoms with Crippen molar-refractivity contribution in [3.63, 3.8) is 0 Å². The van der Waals surface area contributed by atoms with Crippen LogP contribution in [0.1, 0.15) is 57.8 Å². The number of carboxylic acids is 1. The lowest BCUT2D eigenvalue weighted by atomic mass is 9.96. The van der Waals surface area contributed by atoms with Crippen LogP contribution < -0.4 is 0 Å². The Kier molecular flexibility index (Phi) is 5.23. The van der Waals surface area contributed by atoms with Crippen LogP contribution in [0.5, 0.6) is 0 Å². The van der Waals surface area contributed by atoms with Gasteiger partial charge in [-0.25, -0.2) is 0 Å². The maximum Gasteiger partial charge on any atom is 0.323 e. The molecule has 1 amide bonds. The van der Waals surface area contributed by atoms with E-state index in [1.165, 1.54) is 25.7 Å². The molecule has 0 atom stereocenters. The average molecular weight is 267 g/mol. The molecular formula is C15H25NO3. The van der Waals surface area contributed by atoms with Gasteiger partial charge in [-0.1, -0.05) is 25.7 Å². The van der Waals surface area contributed by atoms with E-state index in [1.807, 2.05) is 0 Å². The van der Waals surface area contributed by atoms with Crippen molar-refractivity contribution in [3.05, 3.63) is 0 Å². The van der Waals surface area contributed by atoms with Crippen LogP contribution in [0.15, 0.2) is 0 Å². The second-order valence-corrected chi connectivity index (χ2v) is 6.17. The van der Waals surface area contributed by atoms with Gasteiger partial charge in [0.15, 0.2) is 0 Å². The van der Waals surface area contributed by atoms with Crippen molar-refractivity contribution in [2.24, 2.45) is 11.8 Å². The molecule has 2 aliphatic rings. The van der Waals surface area contributed by atoms with Gasteiger partial charge >= 0.3 is 5.97 Å². The Morgan fingerprint density at radius 2 is 1.58 bits per heavy atom. The minimum Gasteiger partial charge on any atom is -0.480 e. The zero-order valence-electron chi connectivity index (χ0n) is 11.6. The van der Waals surface area contributed by atoms with E-state index in [0.29, 0.717) is 24.8 Å². The lowest BCUT2D eigenvalue weighted by Gasteiger charge is -2.23. The number of carbonyl (C=O) groups excluding carboxylic acids is 1. The van der Waals surface area contributed by atoms with E-state index < -0.39 is 5.97 Å². The summed E-state index contributed by atoms with van der Waals surface area (Å²) in [7, 11) is 0. The number of carbonyl (C=O) groups is 2. The number of aliphatic carboxylic acids is 1. The molecule has 2 rings (SSSR count). The molecule has 108 valence electrons. The fraction of sp³-hybridized carbons (Fsp3) is 0.867. The van der Waals surface area contributed by atoms with Gasteiger partial charge < -0.3 is 10.0 Å². The number of hydrogen-bond donors (Lipinski definition) is 1. The molecule has 19 heavy (non-hydrogen) atoms. The topological polar surface area (TPSA) is 57.6 Å². The van der Waals surface area contributed by atoms with Crippen LogP contribution >= 0.6 is 0 Å². The van der Waals surface area contributed by atoms with Crippen molar-refractivity contribution < 1.29 is 14.7 Å². The largest absolute Gasteiger partial charge is 0.480 e. The van der Waals surface area contributed by atoms with Crippen LogP contribution in [-0.2, 0) is 9.59 Å². The van der Waals surface area contributed by atoms with Crippen LogP contribution in [0, 0.1) is 11.8 Å². The molecule has 0 saturated heterocycles. The predicted molar refractivity (Wildman–Crippen MR) is 72.7 cm³/mol. The van der Waals surface area contributed by atoms with Crippen molar-refractivity contribution in [3.8, 4) is 0 Å². The zero-order valence-corrected chi connectivity index (χ0v) is 11.6. The van der Waals surface area contributed by atoms with Crippen molar-refractivity contribution in [1.82, 2.24) is 4.90 Å². The van der Waals surface area contributed by atoms with Crippen molar-refractivity contribution >= 4 is 11.9 Å². The van der Waals surface area contributed by atoms with E-state index in [2.05, 4.69) is 0 Å². The van der Waals surface area contributed by atoms with E-state index in [9.17, 15) is 9.59 Å². The summed E-state index contributed by atoms with van der Waals surface area (Å²) in [6.45, 7) is 0.528. The lowest BCUT2D eigenvalue weighted by Crippen LogP contribution is -2.38.